The first kappa shape index (κ1) is 12.9. The molecule has 0 bridgehead atoms. The molecule has 5 rings (SSSR count). The molecule has 3 nitrogen and oxygen atoms in total. The topological polar surface area (TPSA) is 27.7 Å². The minimum Gasteiger partial charge on any atom is -0.380 e. The van der Waals surface area contributed by atoms with Gasteiger partial charge in [0.15, 0.2) is 5.79 Å². The minimum absolute atomic E-state index is 0.147. The molecule has 3 fully saturated rings. The lowest BCUT2D eigenvalue weighted by Gasteiger charge is -2.47. The van der Waals surface area contributed by atoms with Gasteiger partial charge in [-0.1, -0.05) is 19.1 Å². The number of allylic oxidation sites excluding steroid dienone is 1. The maximum Gasteiger partial charge on any atom is 0.165 e. The molecular weight excluding hydrogens is 264 g/mol. The summed E-state index contributed by atoms with van der Waals surface area (Å²) < 4.78 is 18.6. The number of hydrogen-bond acceptors (Lipinski definition) is 3. The van der Waals surface area contributed by atoms with Crippen molar-refractivity contribution in [3.8, 4) is 0 Å². The average Bonchev–Trinajstić information content (AvgIpc) is 2.81. The van der Waals surface area contributed by atoms with E-state index >= 15 is 0 Å². The number of ether oxygens (including phenoxy) is 3. The molecule has 0 radical (unpaired) electrons. The Labute approximate surface area is 126 Å². The average molecular weight is 288 g/mol. The number of rotatable bonds is 1. The molecule has 2 aliphatic heterocycles. The Balaban J connectivity index is 1.65. The predicted molar refractivity (Wildman–Crippen MR) is 78.8 cm³/mol. The highest BCUT2D eigenvalue weighted by atomic mass is 16.8. The largest absolute Gasteiger partial charge is 0.380 e. The Morgan fingerprint density at radius 2 is 2.05 bits per heavy atom. The lowest BCUT2D eigenvalue weighted by molar-refractivity contribution is -0.153. The highest BCUT2D eigenvalue weighted by Crippen LogP contribution is 2.76. The first-order valence-corrected chi connectivity index (χ1v) is 8.30. The van der Waals surface area contributed by atoms with Crippen molar-refractivity contribution in [2.24, 2.45) is 10.8 Å². The summed E-state index contributed by atoms with van der Waals surface area (Å²) in [5.74, 6) is -0.475. The van der Waals surface area contributed by atoms with E-state index in [2.05, 4.69) is 32.9 Å². The van der Waals surface area contributed by atoms with E-state index in [-0.39, 0.29) is 17.1 Å². The first-order chi connectivity index (χ1) is 9.93. The van der Waals surface area contributed by atoms with Gasteiger partial charge in [-0.2, -0.15) is 0 Å². The molecule has 2 saturated heterocycles. The molecule has 114 valence electrons. The highest BCUT2D eigenvalue weighted by Gasteiger charge is 2.77. The van der Waals surface area contributed by atoms with Crippen LogP contribution in [0.4, 0.5) is 0 Å². The van der Waals surface area contributed by atoms with Gasteiger partial charge in [-0.05, 0) is 50.7 Å². The normalized spacial score (nSPS) is 52.8. The summed E-state index contributed by atoms with van der Waals surface area (Å²) in [5.41, 5.74) is 3.32. The van der Waals surface area contributed by atoms with Gasteiger partial charge in [0.2, 0.25) is 0 Å². The Hall–Kier alpha value is -0.640. The lowest BCUT2D eigenvalue weighted by Crippen LogP contribution is -2.54. The van der Waals surface area contributed by atoms with Crippen molar-refractivity contribution in [2.45, 2.75) is 63.9 Å². The smallest absolute Gasteiger partial charge is 0.165 e. The van der Waals surface area contributed by atoms with E-state index in [1.807, 2.05) is 0 Å². The first-order valence-electron chi connectivity index (χ1n) is 8.30. The minimum atomic E-state index is -0.475. The maximum atomic E-state index is 6.43. The van der Waals surface area contributed by atoms with E-state index in [1.54, 1.807) is 0 Å². The molecule has 3 aliphatic carbocycles. The van der Waals surface area contributed by atoms with Gasteiger partial charge in [0.25, 0.3) is 0 Å². The molecular formula is C18H24O3. The molecule has 2 heterocycles. The van der Waals surface area contributed by atoms with E-state index in [0.29, 0.717) is 5.41 Å². The van der Waals surface area contributed by atoms with Crippen LogP contribution in [0.15, 0.2) is 23.3 Å². The van der Waals surface area contributed by atoms with Crippen molar-refractivity contribution >= 4 is 0 Å². The summed E-state index contributed by atoms with van der Waals surface area (Å²) >= 11 is 0. The summed E-state index contributed by atoms with van der Waals surface area (Å²) in [4.78, 5) is 0. The van der Waals surface area contributed by atoms with Crippen molar-refractivity contribution in [3.05, 3.63) is 23.3 Å². The van der Waals surface area contributed by atoms with Gasteiger partial charge in [0.1, 0.15) is 11.7 Å². The third kappa shape index (κ3) is 1.32. The van der Waals surface area contributed by atoms with Crippen LogP contribution >= 0.6 is 0 Å². The summed E-state index contributed by atoms with van der Waals surface area (Å²) in [6.07, 6.45) is 9.47. The van der Waals surface area contributed by atoms with Crippen LogP contribution in [0.1, 0.15) is 46.5 Å². The monoisotopic (exact) mass is 288 g/mol. The second kappa shape index (κ2) is 3.47. The van der Waals surface area contributed by atoms with Crippen LogP contribution < -0.4 is 0 Å². The number of fused-ring (bicyclic) bond motifs is 1. The third-order valence-corrected chi connectivity index (χ3v) is 6.47. The Morgan fingerprint density at radius 3 is 2.76 bits per heavy atom. The van der Waals surface area contributed by atoms with Crippen LogP contribution in [0.25, 0.3) is 0 Å². The van der Waals surface area contributed by atoms with Crippen molar-refractivity contribution in [3.63, 3.8) is 0 Å². The third-order valence-electron chi connectivity index (χ3n) is 6.47. The molecule has 0 unspecified atom stereocenters. The van der Waals surface area contributed by atoms with Gasteiger partial charge >= 0.3 is 0 Å². The van der Waals surface area contributed by atoms with Crippen LogP contribution in [0, 0.1) is 10.8 Å². The highest BCUT2D eigenvalue weighted by molar-refractivity contribution is 5.58. The fourth-order valence-corrected chi connectivity index (χ4v) is 5.40. The molecule has 0 aromatic rings. The molecule has 0 N–H and O–H groups in total. The maximum absolute atomic E-state index is 6.43. The van der Waals surface area contributed by atoms with E-state index in [1.165, 1.54) is 24.0 Å². The summed E-state index contributed by atoms with van der Waals surface area (Å²) in [6, 6.07) is 0. The summed E-state index contributed by atoms with van der Waals surface area (Å²) in [7, 11) is 0. The number of hydrogen-bond donors (Lipinski definition) is 0. The van der Waals surface area contributed by atoms with Gasteiger partial charge < -0.3 is 14.2 Å². The van der Waals surface area contributed by atoms with Crippen LogP contribution in [0.5, 0.6) is 0 Å². The Morgan fingerprint density at radius 1 is 1.19 bits per heavy atom. The van der Waals surface area contributed by atoms with Gasteiger partial charge in [0, 0.05) is 10.8 Å². The molecule has 0 aromatic carbocycles. The molecule has 5 aliphatic rings. The van der Waals surface area contributed by atoms with Crippen LogP contribution in [0.2, 0.25) is 0 Å². The molecule has 0 aromatic heterocycles. The Kier molecular flexibility index (Phi) is 2.13. The van der Waals surface area contributed by atoms with E-state index < -0.39 is 5.79 Å². The SMILES string of the molecule is CC1(C)O[C@H]2C([C@]34COC[C@@]3(C)C4)=C3C=CCCC[C@@]32O1. The van der Waals surface area contributed by atoms with Crippen LogP contribution in [-0.2, 0) is 14.2 Å². The molecule has 21 heavy (non-hydrogen) atoms. The zero-order valence-electron chi connectivity index (χ0n) is 13.2. The Bertz CT molecular complexity index is 585. The fourth-order valence-electron chi connectivity index (χ4n) is 5.40. The molecule has 3 heteroatoms. The molecule has 1 spiro atoms. The van der Waals surface area contributed by atoms with Gasteiger partial charge in [-0.15, -0.1) is 0 Å². The van der Waals surface area contributed by atoms with Crippen molar-refractivity contribution in [1.29, 1.82) is 0 Å². The quantitative estimate of drug-likeness (QED) is 0.740. The molecule has 4 atom stereocenters. The van der Waals surface area contributed by atoms with Gasteiger partial charge in [-0.25, -0.2) is 0 Å². The van der Waals surface area contributed by atoms with Crippen LogP contribution in [0.3, 0.4) is 0 Å². The van der Waals surface area contributed by atoms with Gasteiger partial charge in [-0.3, -0.25) is 0 Å². The zero-order valence-corrected chi connectivity index (χ0v) is 13.2. The van der Waals surface area contributed by atoms with Crippen molar-refractivity contribution < 1.29 is 14.2 Å². The lowest BCUT2D eigenvalue weighted by atomic mass is 9.62. The van der Waals surface area contributed by atoms with E-state index in [0.717, 1.165) is 26.1 Å². The second-order valence-electron chi connectivity index (χ2n) is 8.32. The van der Waals surface area contributed by atoms with E-state index in [4.69, 9.17) is 14.2 Å². The standard InChI is InChI=1S/C18H24O3/c1-15(2)20-14-13(17-9-16(17,3)10-19-11-17)12-7-5-4-6-8-18(12,14)21-15/h5,7,14H,4,6,8-11H2,1-3H3/t14-,16+,17-,18+/m0/s1. The summed E-state index contributed by atoms with van der Waals surface area (Å²) in [6.45, 7) is 8.25. The molecule has 1 saturated carbocycles. The molecule has 0 amide bonds. The van der Waals surface area contributed by atoms with Gasteiger partial charge in [0.05, 0.1) is 13.2 Å². The predicted octanol–water partition coefficient (Wildman–Crippen LogP) is 3.35. The zero-order chi connectivity index (χ0) is 14.5. The second-order valence-corrected chi connectivity index (χ2v) is 8.32. The van der Waals surface area contributed by atoms with Crippen molar-refractivity contribution in [1.82, 2.24) is 0 Å². The summed E-state index contributed by atoms with van der Waals surface area (Å²) in [5, 5.41) is 0. The van der Waals surface area contributed by atoms with Crippen LogP contribution in [-0.4, -0.2) is 30.7 Å². The van der Waals surface area contributed by atoms with Crippen molar-refractivity contribution in [2.75, 3.05) is 13.2 Å². The van der Waals surface area contributed by atoms with E-state index in [9.17, 15) is 0 Å². The fraction of sp³-hybridized carbons (Fsp3) is 0.778.